The minimum Gasteiger partial charge on any atom is -0.166 e. The van der Waals surface area contributed by atoms with E-state index in [4.69, 9.17) is 0 Å². The number of halogens is 3. The summed E-state index contributed by atoms with van der Waals surface area (Å²) in [7, 11) is 0. The van der Waals surface area contributed by atoms with Crippen molar-refractivity contribution in [2.24, 2.45) is 0 Å². The van der Waals surface area contributed by atoms with Crippen LogP contribution in [0.3, 0.4) is 0 Å². The predicted octanol–water partition coefficient (Wildman–Crippen LogP) is 4.10. The third-order valence-corrected chi connectivity index (χ3v) is 2.45. The van der Waals surface area contributed by atoms with Gasteiger partial charge in [-0.15, -0.1) is 0 Å². The van der Waals surface area contributed by atoms with E-state index in [2.05, 4.69) is 6.07 Å². The molecule has 3 heteroatoms. The number of rotatable bonds is 2. The van der Waals surface area contributed by atoms with Crippen molar-refractivity contribution in [1.29, 1.82) is 0 Å². The van der Waals surface area contributed by atoms with Crippen molar-refractivity contribution in [3.63, 3.8) is 0 Å². The summed E-state index contributed by atoms with van der Waals surface area (Å²) in [6.45, 7) is 0. The summed E-state index contributed by atoms with van der Waals surface area (Å²) >= 11 is 0. The Morgan fingerprint density at radius 2 is 1.65 bits per heavy atom. The maximum Gasteiger partial charge on any atom is 0.416 e. The highest BCUT2D eigenvalue weighted by Crippen LogP contribution is 2.29. The van der Waals surface area contributed by atoms with Crippen LogP contribution in [0.25, 0.3) is 0 Å². The molecule has 0 saturated heterocycles. The Hall–Kier alpha value is -1.77. The Morgan fingerprint density at radius 1 is 0.941 bits per heavy atom. The first kappa shape index (κ1) is 11.7. The van der Waals surface area contributed by atoms with E-state index >= 15 is 0 Å². The Bertz CT molecular complexity index is 469. The molecule has 0 heterocycles. The zero-order valence-corrected chi connectivity index (χ0v) is 8.96. The smallest absolute Gasteiger partial charge is 0.166 e. The van der Waals surface area contributed by atoms with E-state index in [1.54, 1.807) is 6.07 Å². The van der Waals surface area contributed by atoms with Crippen molar-refractivity contribution in [1.82, 2.24) is 0 Å². The molecular weight excluding hydrogens is 225 g/mol. The quantitative estimate of drug-likeness (QED) is 0.735. The van der Waals surface area contributed by atoms with Gasteiger partial charge in [-0.3, -0.25) is 0 Å². The van der Waals surface area contributed by atoms with E-state index in [1.807, 2.05) is 18.2 Å². The molecule has 1 radical (unpaired) electrons. The molecule has 2 aromatic rings. The first-order chi connectivity index (χ1) is 8.05. The Kier molecular flexibility index (Phi) is 3.18. The van der Waals surface area contributed by atoms with E-state index in [9.17, 15) is 13.2 Å². The van der Waals surface area contributed by atoms with Gasteiger partial charge in [-0.25, -0.2) is 0 Å². The van der Waals surface area contributed by atoms with Crippen LogP contribution in [-0.4, -0.2) is 0 Å². The molecule has 0 N–H and O–H groups in total. The van der Waals surface area contributed by atoms with E-state index in [0.29, 0.717) is 6.42 Å². The molecule has 0 saturated carbocycles. The molecular formula is C14H10F3. The summed E-state index contributed by atoms with van der Waals surface area (Å²) < 4.78 is 37.0. The zero-order chi connectivity index (χ0) is 12.3. The maximum atomic E-state index is 12.3. The van der Waals surface area contributed by atoms with Gasteiger partial charge >= 0.3 is 6.18 Å². The molecule has 0 bridgehead atoms. The normalized spacial score (nSPS) is 11.5. The van der Waals surface area contributed by atoms with Crippen LogP contribution in [0.1, 0.15) is 16.7 Å². The molecule has 87 valence electrons. The van der Waals surface area contributed by atoms with Crippen LogP contribution in [-0.2, 0) is 12.6 Å². The van der Waals surface area contributed by atoms with Crippen LogP contribution < -0.4 is 0 Å². The molecule has 0 amide bonds. The third-order valence-electron chi connectivity index (χ3n) is 2.45. The summed E-state index contributed by atoms with van der Waals surface area (Å²) in [5.74, 6) is 0. The second-order valence-electron chi connectivity index (χ2n) is 3.76. The molecule has 0 aliphatic rings. The molecule has 0 nitrogen and oxygen atoms in total. The molecule has 0 aromatic heterocycles. The predicted molar refractivity (Wildman–Crippen MR) is 59.5 cm³/mol. The van der Waals surface area contributed by atoms with Gasteiger partial charge < -0.3 is 0 Å². The van der Waals surface area contributed by atoms with Crippen LogP contribution >= 0.6 is 0 Å². The highest BCUT2D eigenvalue weighted by molar-refractivity contribution is 5.29. The molecule has 2 aromatic carbocycles. The monoisotopic (exact) mass is 235 g/mol. The van der Waals surface area contributed by atoms with Gasteiger partial charge in [-0.05, 0) is 35.7 Å². The Balaban J connectivity index is 2.14. The second kappa shape index (κ2) is 4.62. The van der Waals surface area contributed by atoms with Gasteiger partial charge in [0.25, 0.3) is 0 Å². The number of alkyl halides is 3. The zero-order valence-electron chi connectivity index (χ0n) is 8.96. The fourth-order valence-electron chi connectivity index (χ4n) is 1.57. The van der Waals surface area contributed by atoms with E-state index in [1.165, 1.54) is 12.1 Å². The van der Waals surface area contributed by atoms with Crippen LogP contribution in [0.4, 0.5) is 13.2 Å². The lowest BCUT2D eigenvalue weighted by Crippen LogP contribution is -2.04. The van der Waals surface area contributed by atoms with E-state index in [0.717, 1.165) is 23.3 Å². The molecule has 0 aliphatic heterocycles. The van der Waals surface area contributed by atoms with E-state index < -0.39 is 11.7 Å². The minimum absolute atomic E-state index is 0.596. The lowest BCUT2D eigenvalue weighted by atomic mass is 10.0. The summed E-state index contributed by atoms with van der Waals surface area (Å²) in [6, 6.07) is 15.7. The summed E-state index contributed by atoms with van der Waals surface area (Å²) in [4.78, 5) is 0. The van der Waals surface area contributed by atoms with Gasteiger partial charge in [0, 0.05) is 0 Å². The Labute approximate surface area is 97.7 Å². The van der Waals surface area contributed by atoms with Gasteiger partial charge in [0.1, 0.15) is 0 Å². The molecule has 2 rings (SSSR count). The highest BCUT2D eigenvalue weighted by atomic mass is 19.4. The highest BCUT2D eigenvalue weighted by Gasteiger charge is 2.29. The van der Waals surface area contributed by atoms with Crippen molar-refractivity contribution in [3.8, 4) is 0 Å². The number of hydrogen-bond acceptors (Lipinski definition) is 0. The molecule has 0 fully saturated rings. The van der Waals surface area contributed by atoms with Crippen molar-refractivity contribution in [2.45, 2.75) is 12.6 Å². The van der Waals surface area contributed by atoms with Crippen molar-refractivity contribution in [2.75, 3.05) is 0 Å². The number of benzene rings is 2. The summed E-state index contributed by atoms with van der Waals surface area (Å²) in [6.07, 6.45) is -3.67. The summed E-state index contributed by atoms with van der Waals surface area (Å²) in [5.41, 5.74) is 1.20. The molecule has 0 aliphatic carbocycles. The minimum atomic E-state index is -4.27. The van der Waals surface area contributed by atoms with Gasteiger partial charge in [0.2, 0.25) is 0 Å². The van der Waals surface area contributed by atoms with Crippen LogP contribution in [0.15, 0.2) is 48.5 Å². The largest absolute Gasteiger partial charge is 0.416 e. The molecule has 0 atom stereocenters. The summed E-state index contributed by atoms with van der Waals surface area (Å²) in [5, 5.41) is 0. The average Bonchev–Trinajstić information content (AvgIpc) is 2.30. The van der Waals surface area contributed by atoms with Gasteiger partial charge in [0.15, 0.2) is 0 Å². The SMILES string of the molecule is FC(F)(F)c1ccc(Cc2[c]cccc2)cc1. The van der Waals surface area contributed by atoms with Gasteiger partial charge in [0.05, 0.1) is 5.56 Å². The lowest BCUT2D eigenvalue weighted by molar-refractivity contribution is -0.137. The molecule has 17 heavy (non-hydrogen) atoms. The first-order valence-electron chi connectivity index (χ1n) is 5.17. The van der Waals surface area contributed by atoms with Gasteiger partial charge in [-0.1, -0.05) is 36.4 Å². The van der Waals surface area contributed by atoms with Crippen molar-refractivity contribution < 1.29 is 13.2 Å². The topological polar surface area (TPSA) is 0 Å². The lowest BCUT2D eigenvalue weighted by Gasteiger charge is -2.07. The van der Waals surface area contributed by atoms with Crippen LogP contribution in [0.5, 0.6) is 0 Å². The fraction of sp³-hybridized carbons (Fsp3) is 0.143. The van der Waals surface area contributed by atoms with Crippen molar-refractivity contribution in [3.05, 3.63) is 71.3 Å². The maximum absolute atomic E-state index is 12.3. The third kappa shape index (κ3) is 3.09. The van der Waals surface area contributed by atoms with Gasteiger partial charge in [-0.2, -0.15) is 13.2 Å². The van der Waals surface area contributed by atoms with Crippen LogP contribution in [0.2, 0.25) is 0 Å². The standard InChI is InChI=1S/C14H10F3/c15-14(16,17)13-8-6-12(7-9-13)10-11-4-2-1-3-5-11/h1-4,6-9H,10H2. The Morgan fingerprint density at radius 3 is 2.18 bits per heavy atom. The number of hydrogen-bond donors (Lipinski definition) is 0. The van der Waals surface area contributed by atoms with Crippen LogP contribution in [0, 0.1) is 6.07 Å². The average molecular weight is 235 g/mol. The molecule has 0 unspecified atom stereocenters. The molecule has 0 spiro atoms. The first-order valence-corrected chi connectivity index (χ1v) is 5.17. The second-order valence-corrected chi connectivity index (χ2v) is 3.76. The fourth-order valence-corrected chi connectivity index (χ4v) is 1.57. The van der Waals surface area contributed by atoms with Crippen molar-refractivity contribution >= 4 is 0 Å². The van der Waals surface area contributed by atoms with E-state index in [-0.39, 0.29) is 0 Å².